The summed E-state index contributed by atoms with van der Waals surface area (Å²) in [5.41, 5.74) is 5.34. The quantitative estimate of drug-likeness (QED) is 0.670. The van der Waals surface area contributed by atoms with Crippen LogP contribution in [0.3, 0.4) is 0 Å². The summed E-state index contributed by atoms with van der Waals surface area (Å²) in [6.45, 7) is 0. The molecule has 2 rings (SSSR count). The van der Waals surface area contributed by atoms with Crippen LogP contribution in [0.2, 0.25) is 0 Å². The van der Waals surface area contributed by atoms with Gasteiger partial charge < -0.3 is 11.1 Å². The second-order valence-corrected chi connectivity index (χ2v) is 3.71. The highest BCUT2D eigenvalue weighted by Crippen LogP contribution is 2.20. The fourth-order valence-electron chi connectivity index (χ4n) is 1.31. The van der Waals surface area contributed by atoms with Gasteiger partial charge >= 0.3 is 0 Å². The number of nitrogens with two attached hydrogens (primary N) is 1. The lowest BCUT2D eigenvalue weighted by Gasteiger charge is -2.07. The molecular weight excluding hydrogens is 283 g/mol. The summed E-state index contributed by atoms with van der Waals surface area (Å²) < 4.78 is 38.8. The number of anilines is 3. The van der Waals surface area contributed by atoms with Crippen LogP contribution < -0.4 is 11.1 Å². The Hall–Kier alpha value is -2.09. The monoisotopic (exact) mass is 289 g/mol. The van der Waals surface area contributed by atoms with Crippen molar-refractivity contribution in [2.45, 2.75) is 5.88 Å². The van der Waals surface area contributed by atoms with E-state index in [4.69, 9.17) is 17.3 Å². The van der Waals surface area contributed by atoms with E-state index in [0.29, 0.717) is 0 Å². The van der Waals surface area contributed by atoms with Crippen LogP contribution >= 0.6 is 11.6 Å². The van der Waals surface area contributed by atoms with E-state index < -0.39 is 17.5 Å². The number of nitrogens with zero attached hydrogens (tertiary/aromatic N) is 3. The molecule has 19 heavy (non-hydrogen) atoms. The zero-order valence-corrected chi connectivity index (χ0v) is 10.0. The summed E-state index contributed by atoms with van der Waals surface area (Å²) in [6.07, 6.45) is 0. The standard InChI is InChI=1S/C10H7ClF3N5/c11-3-7-17-9(15)19-10(18-7)16-4-1-5(12)8(14)6(13)2-4/h1-2H,3H2,(H3,15,16,17,18,19). The fraction of sp³-hybridized carbons (Fsp3) is 0.100. The first kappa shape index (κ1) is 13.3. The van der Waals surface area contributed by atoms with Crippen LogP contribution in [0.5, 0.6) is 0 Å². The fourth-order valence-corrected chi connectivity index (χ4v) is 1.43. The Morgan fingerprint density at radius 2 is 1.74 bits per heavy atom. The number of hydrogen-bond donors (Lipinski definition) is 2. The smallest absolute Gasteiger partial charge is 0.232 e. The van der Waals surface area contributed by atoms with Gasteiger partial charge in [0.25, 0.3) is 0 Å². The lowest BCUT2D eigenvalue weighted by molar-refractivity contribution is 0.448. The first-order chi connectivity index (χ1) is 8.99. The molecule has 9 heteroatoms. The molecule has 1 aromatic carbocycles. The molecule has 0 atom stereocenters. The van der Waals surface area contributed by atoms with Gasteiger partial charge in [-0.15, -0.1) is 11.6 Å². The molecule has 0 aliphatic carbocycles. The van der Waals surface area contributed by atoms with E-state index in [9.17, 15) is 13.2 Å². The van der Waals surface area contributed by atoms with Gasteiger partial charge in [0.2, 0.25) is 11.9 Å². The average molecular weight is 290 g/mol. The van der Waals surface area contributed by atoms with Gasteiger partial charge in [-0.1, -0.05) is 0 Å². The third-order valence-corrected chi connectivity index (χ3v) is 2.30. The van der Waals surface area contributed by atoms with E-state index in [1.54, 1.807) is 0 Å². The molecule has 0 radical (unpaired) electrons. The molecule has 0 amide bonds. The van der Waals surface area contributed by atoms with E-state index in [-0.39, 0.29) is 29.3 Å². The topological polar surface area (TPSA) is 76.7 Å². The number of benzene rings is 1. The second-order valence-electron chi connectivity index (χ2n) is 3.45. The van der Waals surface area contributed by atoms with E-state index >= 15 is 0 Å². The maximum Gasteiger partial charge on any atom is 0.232 e. The zero-order chi connectivity index (χ0) is 14.0. The average Bonchev–Trinajstić information content (AvgIpc) is 2.35. The van der Waals surface area contributed by atoms with Crippen molar-refractivity contribution in [1.82, 2.24) is 15.0 Å². The predicted octanol–water partition coefficient (Wildman–Crippen LogP) is 2.35. The van der Waals surface area contributed by atoms with Crippen LogP contribution in [0.1, 0.15) is 5.82 Å². The van der Waals surface area contributed by atoms with Crippen molar-refractivity contribution in [1.29, 1.82) is 0 Å². The molecule has 0 aliphatic heterocycles. The summed E-state index contributed by atoms with van der Waals surface area (Å²) in [4.78, 5) is 11.3. The molecule has 1 heterocycles. The molecule has 1 aromatic heterocycles. The molecule has 100 valence electrons. The van der Waals surface area contributed by atoms with Gasteiger partial charge in [-0.25, -0.2) is 13.2 Å². The number of halogens is 4. The highest BCUT2D eigenvalue weighted by molar-refractivity contribution is 6.16. The van der Waals surface area contributed by atoms with Gasteiger partial charge in [-0.2, -0.15) is 15.0 Å². The van der Waals surface area contributed by atoms with E-state index in [1.807, 2.05) is 0 Å². The summed E-state index contributed by atoms with van der Waals surface area (Å²) in [5, 5.41) is 2.48. The number of aromatic nitrogens is 3. The van der Waals surface area contributed by atoms with Crippen molar-refractivity contribution in [3.63, 3.8) is 0 Å². The number of nitrogens with one attached hydrogen (secondary N) is 1. The van der Waals surface area contributed by atoms with Crippen LogP contribution in [0.25, 0.3) is 0 Å². The predicted molar refractivity (Wildman–Crippen MR) is 63.4 cm³/mol. The Kier molecular flexibility index (Phi) is 3.70. The number of alkyl halides is 1. The normalized spacial score (nSPS) is 10.5. The van der Waals surface area contributed by atoms with Crippen molar-refractivity contribution in [3.05, 3.63) is 35.4 Å². The van der Waals surface area contributed by atoms with Crippen molar-refractivity contribution in [3.8, 4) is 0 Å². The lowest BCUT2D eigenvalue weighted by Crippen LogP contribution is -2.06. The third kappa shape index (κ3) is 3.02. The molecule has 0 saturated heterocycles. The van der Waals surface area contributed by atoms with E-state index in [1.165, 1.54) is 0 Å². The van der Waals surface area contributed by atoms with Crippen molar-refractivity contribution in [2.24, 2.45) is 0 Å². The molecule has 0 saturated carbocycles. The number of rotatable bonds is 3. The minimum Gasteiger partial charge on any atom is -0.368 e. The Morgan fingerprint density at radius 3 is 2.32 bits per heavy atom. The number of nitrogen functional groups attached to an aromatic ring is 1. The lowest BCUT2D eigenvalue weighted by atomic mass is 10.3. The molecule has 0 fully saturated rings. The largest absolute Gasteiger partial charge is 0.368 e. The van der Waals surface area contributed by atoms with Gasteiger partial charge in [0.05, 0.1) is 5.88 Å². The molecule has 0 spiro atoms. The molecule has 5 nitrogen and oxygen atoms in total. The second kappa shape index (κ2) is 5.27. The van der Waals surface area contributed by atoms with E-state index in [0.717, 1.165) is 12.1 Å². The van der Waals surface area contributed by atoms with Gasteiger partial charge in [0.15, 0.2) is 23.3 Å². The first-order valence-electron chi connectivity index (χ1n) is 4.97. The summed E-state index contributed by atoms with van der Waals surface area (Å²) in [5.74, 6) is -4.18. The van der Waals surface area contributed by atoms with Gasteiger partial charge in [0.1, 0.15) is 0 Å². The zero-order valence-electron chi connectivity index (χ0n) is 9.29. The summed E-state index contributed by atoms with van der Waals surface area (Å²) in [7, 11) is 0. The maximum atomic E-state index is 13.0. The van der Waals surface area contributed by atoms with Crippen LogP contribution in [0.4, 0.5) is 30.8 Å². The highest BCUT2D eigenvalue weighted by atomic mass is 35.5. The molecular formula is C10H7ClF3N5. The maximum absolute atomic E-state index is 13.0. The molecule has 0 aliphatic rings. The molecule has 0 unspecified atom stereocenters. The molecule has 0 bridgehead atoms. The van der Waals surface area contributed by atoms with Crippen LogP contribution in [0, 0.1) is 17.5 Å². The van der Waals surface area contributed by atoms with Crippen molar-refractivity contribution >= 4 is 29.2 Å². The van der Waals surface area contributed by atoms with Gasteiger partial charge in [-0.05, 0) is 0 Å². The molecule has 2 aromatic rings. The highest BCUT2D eigenvalue weighted by Gasteiger charge is 2.12. The van der Waals surface area contributed by atoms with Crippen LogP contribution in [-0.2, 0) is 5.88 Å². The SMILES string of the molecule is Nc1nc(CCl)nc(Nc2cc(F)c(F)c(F)c2)n1. The van der Waals surface area contributed by atoms with Gasteiger partial charge in [0, 0.05) is 17.8 Å². The Bertz CT molecular complexity index is 599. The van der Waals surface area contributed by atoms with Crippen molar-refractivity contribution in [2.75, 3.05) is 11.1 Å². The third-order valence-electron chi connectivity index (χ3n) is 2.06. The Balaban J connectivity index is 2.33. The minimum absolute atomic E-state index is 0.00641. The summed E-state index contributed by atoms with van der Waals surface area (Å²) in [6, 6.07) is 1.53. The van der Waals surface area contributed by atoms with E-state index in [2.05, 4.69) is 20.3 Å². The molecule has 3 N–H and O–H groups in total. The van der Waals surface area contributed by atoms with Crippen molar-refractivity contribution < 1.29 is 13.2 Å². The van der Waals surface area contributed by atoms with Crippen LogP contribution in [-0.4, -0.2) is 15.0 Å². The van der Waals surface area contributed by atoms with Gasteiger partial charge in [-0.3, -0.25) is 0 Å². The number of hydrogen-bond acceptors (Lipinski definition) is 5. The Morgan fingerprint density at radius 1 is 1.11 bits per heavy atom. The Labute approximate surface area is 110 Å². The minimum atomic E-state index is -1.55. The van der Waals surface area contributed by atoms with Crippen LogP contribution in [0.15, 0.2) is 12.1 Å². The summed E-state index contributed by atoms with van der Waals surface area (Å²) >= 11 is 5.54. The first-order valence-corrected chi connectivity index (χ1v) is 5.51.